The summed E-state index contributed by atoms with van der Waals surface area (Å²) in [7, 11) is -6.65. The molecule has 61 heavy (non-hydrogen) atoms. The van der Waals surface area contributed by atoms with Crippen LogP contribution in [0.3, 0.4) is 0 Å². The number of rotatable bonds is 12. The monoisotopic (exact) mass is 868 g/mol. The van der Waals surface area contributed by atoms with Gasteiger partial charge in [0.15, 0.2) is 24.2 Å². The topological polar surface area (TPSA) is 205 Å². The molecule has 2 saturated heterocycles. The van der Waals surface area contributed by atoms with Gasteiger partial charge in [0, 0.05) is 25.9 Å². The lowest BCUT2D eigenvalue weighted by atomic mass is 10.1. The molecule has 4 atom stereocenters. The normalized spacial score (nSPS) is 20.6. The van der Waals surface area contributed by atoms with E-state index in [9.17, 15) is 24.2 Å². The summed E-state index contributed by atoms with van der Waals surface area (Å²) >= 11 is 0. The van der Waals surface area contributed by atoms with Gasteiger partial charge in [-0.3, -0.25) is 29.5 Å². The molecule has 4 N–H and O–H groups in total. The number of benzene rings is 3. The molecule has 0 bridgehead atoms. The van der Waals surface area contributed by atoms with E-state index in [-0.39, 0.29) is 36.7 Å². The number of hydrogen-bond acceptors (Lipinski definition) is 13. The van der Waals surface area contributed by atoms with Gasteiger partial charge < -0.3 is 23.9 Å². The quantitative estimate of drug-likeness (QED) is 0.0602. The zero-order valence-corrected chi connectivity index (χ0v) is 36.3. The Bertz CT molecular complexity index is 2320. The SMILES string of the molecule is CC(C)(C)[Si](OC[C@H]1O[C@@H](n2cnc3c(=O)[nH]c(NC(=O)COc4ccccc4)nc32)C[C@]1(O)O[P+](=O)[O-])(c1ccccc1)c1ccccc1.[C+]1=C2CCCCNN2CCC1. The number of aromatic nitrogens is 4. The number of fused-ring (bicyclic) bond motifs is 2. The van der Waals surface area contributed by atoms with E-state index < -0.39 is 51.2 Å². The Labute approximate surface area is 356 Å². The van der Waals surface area contributed by atoms with Crippen molar-refractivity contribution < 1.29 is 37.8 Å². The fourth-order valence-electron chi connectivity index (χ4n) is 8.01. The van der Waals surface area contributed by atoms with Crippen LogP contribution in [0.2, 0.25) is 5.04 Å². The van der Waals surface area contributed by atoms with Gasteiger partial charge in [-0.2, -0.15) is 4.98 Å². The minimum atomic E-state index is -3.52. The van der Waals surface area contributed by atoms with E-state index >= 15 is 0 Å². The maximum atomic E-state index is 12.9. The first-order valence-electron chi connectivity index (χ1n) is 20.4. The van der Waals surface area contributed by atoms with Gasteiger partial charge in [-0.15, -0.1) is 4.52 Å². The molecule has 2 fully saturated rings. The summed E-state index contributed by atoms with van der Waals surface area (Å²) in [5.41, 5.74) is 4.13. The summed E-state index contributed by atoms with van der Waals surface area (Å²) in [6.45, 7) is 7.99. The molecule has 5 aromatic rings. The van der Waals surface area contributed by atoms with Crippen LogP contribution in [0.15, 0.2) is 108 Å². The molecule has 1 unspecified atom stereocenters. The molecule has 0 saturated carbocycles. The average Bonchev–Trinajstić information content (AvgIpc) is 3.71. The van der Waals surface area contributed by atoms with Crippen molar-refractivity contribution in [1.82, 2.24) is 30.0 Å². The minimum Gasteiger partial charge on any atom is -0.566 e. The van der Waals surface area contributed by atoms with Crippen LogP contribution >= 0.6 is 8.25 Å². The lowest BCUT2D eigenvalue weighted by molar-refractivity contribution is -0.239. The van der Waals surface area contributed by atoms with E-state index in [4.69, 9.17) is 18.4 Å². The highest BCUT2D eigenvalue weighted by Gasteiger charge is 2.57. The smallest absolute Gasteiger partial charge is 0.491 e. The Morgan fingerprint density at radius 1 is 1.05 bits per heavy atom. The van der Waals surface area contributed by atoms with Gasteiger partial charge in [0.05, 0.1) is 19.4 Å². The highest BCUT2D eigenvalue weighted by molar-refractivity contribution is 7.30. The lowest BCUT2D eigenvalue weighted by Gasteiger charge is -2.43. The van der Waals surface area contributed by atoms with E-state index in [0.717, 1.165) is 23.3 Å². The lowest BCUT2D eigenvalue weighted by Crippen LogP contribution is -2.67. The molecule has 320 valence electrons. The second-order valence-corrected chi connectivity index (χ2v) is 21.0. The van der Waals surface area contributed by atoms with Crippen LogP contribution in [0.4, 0.5) is 5.95 Å². The van der Waals surface area contributed by atoms with Gasteiger partial charge in [0.25, 0.3) is 31.3 Å². The standard InChI is InChI=1S/C34H36N5O9PSi.C9H15N2/c1-33(2,3)50(24-15-9-5-10-16-24,25-17-11-6-12-18-25)46-20-26-34(42,48-49(43)44)19-28(47-26)39-22-35-29-30(39)37-32(38-31(29)41)36-27(40)21-45-23-13-7-4-8-14-23;1-3-7-10-11-8-4-2-6-9(11)5-1/h4-18,22,26,28,42H,19-21H2,1-3H3,(H2,36,37,38,40,41);10H,1-5,7-8H2/q;+1/t26-,28-,34+;/m1./s1. The van der Waals surface area contributed by atoms with Gasteiger partial charge in [0.1, 0.15) is 18.1 Å². The van der Waals surface area contributed by atoms with Crippen LogP contribution in [0, 0.1) is 6.08 Å². The number of carbonyl (C=O) groups excluding carboxylic acids is 1. The number of nitrogens with zero attached hydrogens (tertiary/aromatic N) is 4. The number of allylic oxidation sites excluding steroid dienone is 2. The van der Waals surface area contributed by atoms with Crippen molar-refractivity contribution in [3.05, 3.63) is 119 Å². The van der Waals surface area contributed by atoms with Gasteiger partial charge in [-0.1, -0.05) is 99.6 Å². The predicted molar refractivity (Wildman–Crippen MR) is 229 cm³/mol. The number of imidazole rings is 1. The second-order valence-electron chi connectivity index (χ2n) is 16.0. The first-order chi connectivity index (χ1) is 29.4. The molecule has 16 nitrogen and oxygen atoms in total. The Kier molecular flexibility index (Phi) is 13.8. The number of anilines is 1. The fraction of sp³-hybridized carbons (Fsp3) is 0.395. The van der Waals surface area contributed by atoms with E-state index in [2.05, 4.69) is 57.6 Å². The number of aliphatic hydroxyl groups is 1. The molecule has 2 aromatic heterocycles. The Hall–Kier alpha value is -5.19. The third-order valence-corrected chi connectivity index (χ3v) is 16.3. The fourth-order valence-corrected chi connectivity index (χ4v) is 13.0. The van der Waals surface area contributed by atoms with Crippen molar-refractivity contribution in [3.63, 3.8) is 0 Å². The molecule has 5 heterocycles. The average molecular weight is 869 g/mol. The molecule has 1 amide bonds. The molecule has 3 aliphatic heterocycles. The van der Waals surface area contributed by atoms with Crippen LogP contribution < -0.4 is 36.3 Å². The van der Waals surface area contributed by atoms with Crippen LogP contribution in [-0.2, 0) is 23.0 Å². The molecule has 8 rings (SSSR count). The third kappa shape index (κ3) is 10.1. The largest absolute Gasteiger partial charge is 0.566 e. The van der Waals surface area contributed by atoms with Crippen molar-refractivity contribution in [2.75, 3.05) is 31.6 Å². The number of hydrogen-bond donors (Lipinski definition) is 4. The molecular weight excluding hydrogens is 818 g/mol. The van der Waals surface area contributed by atoms with Crippen molar-refractivity contribution in [2.24, 2.45) is 0 Å². The van der Waals surface area contributed by atoms with Crippen molar-refractivity contribution in [2.45, 2.75) is 82.5 Å². The van der Waals surface area contributed by atoms with Crippen LogP contribution in [0.5, 0.6) is 5.75 Å². The summed E-state index contributed by atoms with van der Waals surface area (Å²) in [5, 5.41) is 18.0. The summed E-state index contributed by atoms with van der Waals surface area (Å²) in [6, 6.07) is 28.3. The van der Waals surface area contributed by atoms with Gasteiger partial charge in [-0.25, -0.2) is 10.4 Å². The molecule has 0 spiro atoms. The Balaban J connectivity index is 0.000000439. The van der Waals surface area contributed by atoms with E-state index in [1.165, 1.54) is 48.8 Å². The predicted octanol–water partition coefficient (Wildman–Crippen LogP) is 4.18. The highest BCUT2D eigenvalue weighted by atomic mass is 31.1. The Morgan fingerprint density at radius 3 is 2.38 bits per heavy atom. The van der Waals surface area contributed by atoms with E-state index in [0.29, 0.717) is 5.75 Å². The molecular formula is C43H51N7O9PSi+. The number of para-hydroxylation sites is 1. The number of amides is 1. The molecule has 3 aromatic carbocycles. The summed E-state index contributed by atoms with van der Waals surface area (Å²) < 4.78 is 37.1. The number of aromatic amines is 1. The number of nitrogens with one attached hydrogen (secondary N) is 3. The zero-order chi connectivity index (χ0) is 43.0. The van der Waals surface area contributed by atoms with Gasteiger partial charge in [0.2, 0.25) is 12.0 Å². The van der Waals surface area contributed by atoms with Gasteiger partial charge in [-0.05, 0) is 45.0 Å². The van der Waals surface area contributed by atoms with Crippen LogP contribution in [0.1, 0.15) is 65.5 Å². The molecule has 18 heteroatoms. The maximum absolute atomic E-state index is 12.9. The molecule has 3 aliphatic rings. The first kappa shape index (κ1) is 43.9. The second kappa shape index (κ2) is 19.2. The number of ether oxygens (including phenoxy) is 2. The Morgan fingerprint density at radius 2 is 1.72 bits per heavy atom. The summed E-state index contributed by atoms with van der Waals surface area (Å²) in [6.07, 6.45) is 8.24. The first-order valence-corrected chi connectivity index (χ1v) is 23.4. The van der Waals surface area contributed by atoms with E-state index in [1.54, 1.807) is 24.3 Å². The highest BCUT2D eigenvalue weighted by Crippen LogP contribution is 2.44. The third-order valence-electron chi connectivity index (χ3n) is 10.9. The van der Waals surface area contributed by atoms with E-state index in [1.807, 2.05) is 66.7 Å². The number of carbonyl (C=O) groups is 1. The van der Waals surface area contributed by atoms with Crippen molar-refractivity contribution >= 4 is 50.0 Å². The van der Waals surface area contributed by atoms with Crippen molar-refractivity contribution in [3.8, 4) is 5.75 Å². The van der Waals surface area contributed by atoms with Crippen LogP contribution in [0.25, 0.3) is 11.2 Å². The number of H-pyrrole nitrogens is 1. The zero-order valence-electron chi connectivity index (χ0n) is 34.4. The van der Waals surface area contributed by atoms with Gasteiger partial charge >= 0.3 is 8.25 Å². The summed E-state index contributed by atoms with van der Waals surface area (Å²) in [5.74, 6) is -2.61. The van der Waals surface area contributed by atoms with Crippen molar-refractivity contribution in [1.29, 1.82) is 0 Å². The molecule has 0 aliphatic carbocycles. The minimum absolute atomic E-state index is 0.0143. The van der Waals surface area contributed by atoms with Crippen LogP contribution in [-0.4, -0.2) is 82.1 Å². The summed E-state index contributed by atoms with van der Waals surface area (Å²) in [4.78, 5) is 48.5. The molecule has 0 radical (unpaired) electrons. The maximum Gasteiger partial charge on any atom is 0.491 e. The number of hydrazine groups is 1.